The minimum Gasteiger partial charge on any atom is -0.497 e. The van der Waals surface area contributed by atoms with Crippen LogP contribution in [-0.4, -0.2) is 24.6 Å². The Bertz CT molecular complexity index is 484. The van der Waals surface area contributed by atoms with E-state index < -0.39 is 11.6 Å². The molecular formula is C14H18N2O3. The first-order chi connectivity index (χ1) is 9.09. The van der Waals surface area contributed by atoms with Crippen LogP contribution in [0.15, 0.2) is 24.3 Å². The number of hydrogen-bond acceptors (Lipinski definition) is 3. The maximum Gasteiger partial charge on any atom is 0.322 e. The Labute approximate surface area is 112 Å². The third-order valence-electron chi connectivity index (χ3n) is 3.36. The van der Waals surface area contributed by atoms with Gasteiger partial charge in [-0.25, -0.2) is 4.79 Å². The molecule has 1 aliphatic rings. The number of carbonyl (C=O) groups is 2. The zero-order chi connectivity index (χ0) is 13.9. The van der Waals surface area contributed by atoms with Gasteiger partial charge in [-0.15, -0.1) is 0 Å². The van der Waals surface area contributed by atoms with Gasteiger partial charge in [0.1, 0.15) is 11.3 Å². The number of urea groups is 1. The van der Waals surface area contributed by atoms with Gasteiger partial charge in [-0.2, -0.15) is 0 Å². The van der Waals surface area contributed by atoms with E-state index in [1.165, 1.54) is 0 Å². The quantitative estimate of drug-likeness (QED) is 0.792. The Morgan fingerprint density at radius 3 is 2.37 bits per heavy atom. The lowest BCUT2D eigenvalue weighted by molar-refractivity contribution is -0.124. The van der Waals surface area contributed by atoms with E-state index in [1.54, 1.807) is 7.11 Å². The fraction of sp³-hybridized carbons (Fsp3) is 0.429. The van der Waals surface area contributed by atoms with E-state index in [2.05, 4.69) is 10.6 Å². The van der Waals surface area contributed by atoms with Crippen LogP contribution in [0.5, 0.6) is 5.75 Å². The van der Waals surface area contributed by atoms with Crippen molar-refractivity contribution in [2.24, 2.45) is 0 Å². The number of rotatable bonds is 5. The van der Waals surface area contributed by atoms with Crippen LogP contribution in [0.25, 0.3) is 0 Å². The molecule has 2 rings (SSSR count). The zero-order valence-corrected chi connectivity index (χ0v) is 11.2. The average Bonchev–Trinajstić information content (AvgIpc) is 2.65. The van der Waals surface area contributed by atoms with Crippen LogP contribution in [0.1, 0.15) is 25.3 Å². The van der Waals surface area contributed by atoms with Crippen molar-refractivity contribution in [2.75, 3.05) is 7.11 Å². The van der Waals surface area contributed by atoms with Crippen LogP contribution < -0.4 is 15.4 Å². The summed E-state index contributed by atoms with van der Waals surface area (Å²) in [4.78, 5) is 23.4. The molecule has 0 bridgehead atoms. The number of carbonyl (C=O) groups excluding carboxylic acids is 2. The molecule has 1 fully saturated rings. The van der Waals surface area contributed by atoms with E-state index in [4.69, 9.17) is 4.74 Å². The van der Waals surface area contributed by atoms with E-state index >= 15 is 0 Å². The average molecular weight is 262 g/mol. The highest BCUT2D eigenvalue weighted by Gasteiger charge is 2.45. The number of imide groups is 1. The predicted octanol–water partition coefficient (Wildman–Crippen LogP) is 1.62. The van der Waals surface area contributed by atoms with Gasteiger partial charge in [0.05, 0.1) is 7.11 Å². The number of hydrogen-bond donors (Lipinski definition) is 2. The Balaban J connectivity index is 2.20. The summed E-state index contributed by atoms with van der Waals surface area (Å²) in [5.41, 5.74) is 0.173. The third kappa shape index (κ3) is 2.70. The van der Waals surface area contributed by atoms with Crippen molar-refractivity contribution in [3.8, 4) is 5.75 Å². The number of nitrogens with one attached hydrogen (secondary N) is 2. The van der Waals surface area contributed by atoms with Crippen molar-refractivity contribution >= 4 is 11.9 Å². The SMILES string of the molecule is CCCC1(Cc2ccc(OC)cc2)NC(=O)NC1=O. The minimum atomic E-state index is -0.819. The molecule has 5 heteroatoms. The van der Waals surface area contributed by atoms with Crippen molar-refractivity contribution in [3.05, 3.63) is 29.8 Å². The van der Waals surface area contributed by atoms with Crippen LogP contribution in [0.2, 0.25) is 0 Å². The normalized spacial score (nSPS) is 22.0. The van der Waals surface area contributed by atoms with Crippen LogP contribution in [0, 0.1) is 0 Å². The highest BCUT2D eigenvalue weighted by atomic mass is 16.5. The predicted molar refractivity (Wildman–Crippen MR) is 71.0 cm³/mol. The Morgan fingerprint density at radius 1 is 1.21 bits per heavy atom. The summed E-state index contributed by atoms with van der Waals surface area (Å²) in [5.74, 6) is 0.531. The number of ether oxygens (including phenoxy) is 1. The fourth-order valence-electron chi connectivity index (χ4n) is 2.44. The minimum absolute atomic E-state index is 0.241. The van der Waals surface area contributed by atoms with Crippen LogP contribution in [0.3, 0.4) is 0 Å². The summed E-state index contributed by atoms with van der Waals surface area (Å²) in [7, 11) is 1.61. The molecule has 0 aromatic heterocycles. The lowest BCUT2D eigenvalue weighted by atomic mass is 9.86. The van der Waals surface area contributed by atoms with Crippen molar-refractivity contribution in [1.82, 2.24) is 10.6 Å². The molecule has 1 saturated heterocycles. The summed E-state index contributed by atoms with van der Waals surface area (Å²) in [5, 5.41) is 5.09. The molecule has 1 aliphatic heterocycles. The number of benzene rings is 1. The second-order valence-corrected chi connectivity index (χ2v) is 4.77. The largest absolute Gasteiger partial charge is 0.497 e. The lowest BCUT2D eigenvalue weighted by Crippen LogP contribution is -2.48. The smallest absolute Gasteiger partial charge is 0.322 e. The van der Waals surface area contributed by atoms with E-state index in [0.29, 0.717) is 12.8 Å². The molecule has 1 atom stereocenters. The van der Waals surface area contributed by atoms with Crippen molar-refractivity contribution in [2.45, 2.75) is 31.7 Å². The van der Waals surface area contributed by atoms with Gasteiger partial charge >= 0.3 is 6.03 Å². The summed E-state index contributed by atoms with van der Waals surface area (Å²) >= 11 is 0. The highest BCUT2D eigenvalue weighted by molar-refractivity contribution is 6.07. The van der Waals surface area contributed by atoms with Gasteiger partial charge in [0.2, 0.25) is 0 Å². The van der Waals surface area contributed by atoms with Gasteiger partial charge < -0.3 is 10.1 Å². The maximum absolute atomic E-state index is 12.0. The molecular weight excluding hydrogens is 244 g/mol. The molecule has 1 heterocycles. The molecule has 1 unspecified atom stereocenters. The summed E-state index contributed by atoms with van der Waals surface area (Å²) in [6.07, 6.45) is 1.93. The van der Waals surface area contributed by atoms with Crippen LogP contribution in [0.4, 0.5) is 4.79 Å². The number of methoxy groups -OCH3 is 1. The summed E-state index contributed by atoms with van der Waals surface area (Å²) in [6, 6.07) is 7.11. The third-order valence-corrected chi connectivity index (χ3v) is 3.36. The van der Waals surface area contributed by atoms with Gasteiger partial charge in [0.15, 0.2) is 0 Å². The molecule has 2 N–H and O–H groups in total. The molecule has 3 amide bonds. The molecule has 0 radical (unpaired) electrons. The van der Waals surface area contributed by atoms with Crippen molar-refractivity contribution < 1.29 is 14.3 Å². The van der Waals surface area contributed by atoms with Gasteiger partial charge in [0, 0.05) is 6.42 Å². The van der Waals surface area contributed by atoms with E-state index in [0.717, 1.165) is 17.7 Å². The monoisotopic (exact) mass is 262 g/mol. The number of amides is 3. The first-order valence-electron chi connectivity index (χ1n) is 6.36. The van der Waals surface area contributed by atoms with Gasteiger partial charge in [-0.05, 0) is 24.1 Å². The van der Waals surface area contributed by atoms with Crippen LogP contribution in [-0.2, 0) is 11.2 Å². The molecule has 19 heavy (non-hydrogen) atoms. The van der Waals surface area contributed by atoms with Crippen molar-refractivity contribution in [1.29, 1.82) is 0 Å². The van der Waals surface area contributed by atoms with E-state index in [-0.39, 0.29) is 5.91 Å². The molecule has 0 aliphatic carbocycles. The first kappa shape index (κ1) is 13.4. The molecule has 102 valence electrons. The zero-order valence-electron chi connectivity index (χ0n) is 11.2. The molecule has 0 saturated carbocycles. The Hall–Kier alpha value is -2.04. The van der Waals surface area contributed by atoms with Gasteiger partial charge in [0.25, 0.3) is 5.91 Å². The molecule has 0 spiro atoms. The second-order valence-electron chi connectivity index (χ2n) is 4.77. The van der Waals surface area contributed by atoms with Crippen molar-refractivity contribution in [3.63, 3.8) is 0 Å². The molecule has 1 aromatic carbocycles. The van der Waals surface area contributed by atoms with Gasteiger partial charge in [-0.3, -0.25) is 10.1 Å². The summed E-state index contributed by atoms with van der Waals surface area (Å²) < 4.78 is 5.10. The summed E-state index contributed by atoms with van der Waals surface area (Å²) in [6.45, 7) is 1.99. The van der Waals surface area contributed by atoms with E-state index in [1.807, 2.05) is 31.2 Å². The first-order valence-corrected chi connectivity index (χ1v) is 6.36. The fourth-order valence-corrected chi connectivity index (χ4v) is 2.44. The Kier molecular flexibility index (Phi) is 3.74. The topological polar surface area (TPSA) is 67.4 Å². The lowest BCUT2D eigenvalue weighted by Gasteiger charge is -2.25. The second kappa shape index (κ2) is 5.30. The van der Waals surface area contributed by atoms with E-state index in [9.17, 15) is 9.59 Å². The standard InChI is InChI=1S/C14H18N2O3/c1-3-8-14(12(17)15-13(18)16-14)9-10-4-6-11(19-2)7-5-10/h4-7H,3,8-9H2,1-2H3,(H2,15,16,17,18). The maximum atomic E-state index is 12.0. The molecule has 5 nitrogen and oxygen atoms in total. The van der Waals surface area contributed by atoms with Gasteiger partial charge in [-0.1, -0.05) is 25.5 Å². The highest BCUT2D eigenvalue weighted by Crippen LogP contribution is 2.24. The van der Waals surface area contributed by atoms with Crippen LogP contribution >= 0.6 is 0 Å². The molecule has 1 aromatic rings. The Morgan fingerprint density at radius 2 is 1.89 bits per heavy atom.